The third-order valence-corrected chi connectivity index (χ3v) is 4.02. The van der Waals surface area contributed by atoms with Gasteiger partial charge >= 0.3 is 0 Å². The first-order chi connectivity index (χ1) is 9.88. The summed E-state index contributed by atoms with van der Waals surface area (Å²) in [6.07, 6.45) is 0. The van der Waals surface area contributed by atoms with E-state index in [1.165, 1.54) is 0 Å². The Morgan fingerprint density at radius 1 is 1.24 bits per heavy atom. The van der Waals surface area contributed by atoms with Crippen molar-refractivity contribution in [3.05, 3.63) is 67.9 Å². The number of carbonyl (C=O) groups is 1. The lowest BCUT2D eigenvalue weighted by atomic mass is 10.1. The van der Waals surface area contributed by atoms with Crippen LogP contribution in [0.1, 0.15) is 27.0 Å². The number of rotatable bonds is 3. The van der Waals surface area contributed by atoms with E-state index in [1.54, 1.807) is 44.2 Å². The first-order valence-electron chi connectivity index (χ1n) is 6.37. The van der Waals surface area contributed by atoms with Gasteiger partial charge in [-0.2, -0.15) is 0 Å². The number of amides is 1. The van der Waals surface area contributed by atoms with Crippen LogP contribution in [0.5, 0.6) is 0 Å². The standard InChI is InChI=1S/C16H14BrClFNO/c1-9-5-11(6-10(2)15(9)19)8-20-16(21)13-4-3-12(18)7-14(13)17/h3-7H,8H2,1-2H3,(H,20,21). The van der Waals surface area contributed by atoms with Crippen LogP contribution >= 0.6 is 27.5 Å². The zero-order valence-electron chi connectivity index (χ0n) is 11.6. The van der Waals surface area contributed by atoms with Gasteiger partial charge in [-0.05, 0) is 64.7 Å². The second kappa shape index (κ2) is 6.58. The first-order valence-corrected chi connectivity index (χ1v) is 7.54. The molecule has 1 N–H and O–H groups in total. The van der Waals surface area contributed by atoms with Crippen molar-refractivity contribution in [3.8, 4) is 0 Å². The molecule has 0 radical (unpaired) electrons. The quantitative estimate of drug-likeness (QED) is 0.827. The summed E-state index contributed by atoms with van der Waals surface area (Å²) in [5, 5.41) is 3.37. The van der Waals surface area contributed by atoms with Crippen LogP contribution in [0.3, 0.4) is 0 Å². The van der Waals surface area contributed by atoms with Gasteiger partial charge in [0.2, 0.25) is 0 Å². The fourth-order valence-electron chi connectivity index (χ4n) is 2.09. The van der Waals surface area contributed by atoms with E-state index in [2.05, 4.69) is 21.2 Å². The zero-order chi connectivity index (χ0) is 15.6. The molecule has 0 saturated heterocycles. The van der Waals surface area contributed by atoms with Gasteiger partial charge in [0.15, 0.2) is 0 Å². The lowest BCUT2D eigenvalue weighted by Gasteiger charge is -2.09. The third-order valence-electron chi connectivity index (χ3n) is 3.13. The Morgan fingerprint density at radius 2 is 1.86 bits per heavy atom. The summed E-state index contributed by atoms with van der Waals surface area (Å²) in [7, 11) is 0. The predicted octanol–water partition coefficient (Wildman–Crippen LogP) is 4.79. The number of benzene rings is 2. The SMILES string of the molecule is Cc1cc(CNC(=O)c2ccc(Cl)cc2Br)cc(C)c1F. The molecule has 0 aliphatic heterocycles. The highest BCUT2D eigenvalue weighted by atomic mass is 79.9. The Hall–Kier alpha value is -1.39. The molecule has 0 heterocycles. The summed E-state index contributed by atoms with van der Waals surface area (Å²) in [4.78, 5) is 12.1. The van der Waals surface area contributed by atoms with Crippen molar-refractivity contribution in [2.75, 3.05) is 0 Å². The third kappa shape index (κ3) is 3.83. The van der Waals surface area contributed by atoms with Crippen molar-refractivity contribution in [2.45, 2.75) is 20.4 Å². The van der Waals surface area contributed by atoms with E-state index in [-0.39, 0.29) is 11.7 Å². The maximum absolute atomic E-state index is 13.6. The fourth-order valence-corrected chi connectivity index (χ4v) is 2.95. The molecule has 21 heavy (non-hydrogen) atoms. The van der Waals surface area contributed by atoms with Crippen LogP contribution in [0, 0.1) is 19.7 Å². The van der Waals surface area contributed by atoms with E-state index >= 15 is 0 Å². The summed E-state index contributed by atoms with van der Waals surface area (Å²) in [5.41, 5.74) is 2.53. The Labute approximate surface area is 136 Å². The van der Waals surface area contributed by atoms with Crippen molar-refractivity contribution in [2.24, 2.45) is 0 Å². The van der Waals surface area contributed by atoms with Crippen LogP contribution in [0.25, 0.3) is 0 Å². The van der Waals surface area contributed by atoms with Crippen LogP contribution in [0.15, 0.2) is 34.8 Å². The van der Waals surface area contributed by atoms with Gasteiger partial charge in [-0.1, -0.05) is 23.7 Å². The van der Waals surface area contributed by atoms with Gasteiger partial charge in [-0.25, -0.2) is 4.39 Å². The van der Waals surface area contributed by atoms with Crippen molar-refractivity contribution >= 4 is 33.4 Å². The van der Waals surface area contributed by atoms with E-state index < -0.39 is 0 Å². The monoisotopic (exact) mass is 369 g/mol. The van der Waals surface area contributed by atoms with E-state index in [1.807, 2.05) is 0 Å². The van der Waals surface area contributed by atoms with Crippen LogP contribution in [0.2, 0.25) is 5.02 Å². The molecule has 2 aromatic carbocycles. The van der Waals surface area contributed by atoms with Gasteiger partial charge in [0.05, 0.1) is 5.56 Å². The summed E-state index contributed by atoms with van der Waals surface area (Å²) >= 11 is 9.16. The molecule has 1 amide bonds. The first kappa shape index (κ1) is 16.0. The van der Waals surface area contributed by atoms with E-state index in [0.29, 0.717) is 32.7 Å². The molecule has 0 fully saturated rings. The van der Waals surface area contributed by atoms with Gasteiger partial charge in [-0.3, -0.25) is 4.79 Å². The Bertz CT molecular complexity index is 680. The second-order valence-electron chi connectivity index (χ2n) is 4.85. The van der Waals surface area contributed by atoms with Crippen LogP contribution < -0.4 is 5.32 Å². The Morgan fingerprint density at radius 3 is 2.43 bits per heavy atom. The summed E-state index contributed by atoms with van der Waals surface area (Å²) < 4.78 is 14.2. The fraction of sp³-hybridized carbons (Fsp3) is 0.188. The maximum Gasteiger partial charge on any atom is 0.252 e. The van der Waals surface area contributed by atoms with Crippen LogP contribution in [-0.2, 0) is 6.54 Å². The average Bonchev–Trinajstić information content (AvgIpc) is 2.42. The maximum atomic E-state index is 13.6. The molecule has 110 valence electrons. The molecular weight excluding hydrogens is 357 g/mol. The molecule has 5 heteroatoms. The minimum absolute atomic E-state index is 0.203. The minimum atomic E-state index is -0.210. The summed E-state index contributed by atoms with van der Waals surface area (Å²) in [5.74, 6) is -0.413. The molecule has 0 bridgehead atoms. The minimum Gasteiger partial charge on any atom is -0.348 e. The largest absolute Gasteiger partial charge is 0.348 e. The number of nitrogens with one attached hydrogen (secondary N) is 1. The van der Waals surface area contributed by atoms with Crippen molar-refractivity contribution in [1.82, 2.24) is 5.32 Å². The van der Waals surface area contributed by atoms with Crippen LogP contribution in [0.4, 0.5) is 4.39 Å². The second-order valence-corrected chi connectivity index (χ2v) is 6.14. The van der Waals surface area contributed by atoms with Crippen molar-refractivity contribution in [3.63, 3.8) is 0 Å². The van der Waals surface area contributed by atoms with Gasteiger partial charge < -0.3 is 5.32 Å². The lowest BCUT2D eigenvalue weighted by molar-refractivity contribution is 0.0950. The van der Waals surface area contributed by atoms with E-state index in [9.17, 15) is 9.18 Å². The van der Waals surface area contributed by atoms with Gasteiger partial charge in [-0.15, -0.1) is 0 Å². The number of hydrogen-bond donors (Lipinski definition) is 1. The zero-order valence-corrected chi connectivity index (χ0v) is 14.0. The highest BCUT2D eigenvalue weighted by molar-refractivity contribution is 9.10. The highest BCUT2D eigenvalue weighted by Gasteiger charge is 2.11. The lowest BCUT2D eigenvalue weighted by Crippen LogP contribution is -2.23. The van der Waals surface area contributed by atoms with Crippen LogP contribution in [-0.4, -0.2) is 5.91 Å². The smallest absolute Gasteiger partial charge is 0.252 e. The molecule has 0 unspecified atom stereocenters. The van der Waals surface area contributed by atoms with E-state index in [4.69, 9.17) is 11.6 Å². The average molecular weight is 371 g/mol. The van der Waals surface area contributed by atoms with Crippen molar-refractivity contribution in [1.29, 1.82) is 0 Å². The topological polar surface area (TPSA) is 29.1 Å². The summed E-state index contributed by atoms with van der Waals surface area (Å²) in [6, 6.07) is 8.46. The van der Waals surface area contributed by atoms with Gasteiger partial charge in [0, 0.05) is 16.0 Å². The number of aryl methyl sites for hydroxylation is 2. The Balaban J connectivity index is 2.11. The molecule has 0 atom stereocenters. The molecule has 0 aromatic heterocycles. The molecule has 2 aromatic rings. The van der Waals surface area contributed by atoms with Crippen molar-refractivity contribution < 1.29 is 9.18 Å². The molecular formula is C16H14BrClFNO. The summed E-state index contributed by atoms with van der Waals surface area (Å²) in [6.45, 7) is 3.77. The molecule has 0 aliphatic rings. The number of halogens is 3. The van der Waals surface area contributed by atoms with Gasteiger partial charge in [0.25, 0.3) is 5.91 Å². The molecule has 0 aliphatic carbocycles. The van der Waals surface area contributed by atoms with E-state index in [0.717, 1.165) is 5.56 Å². The number of hydrogen-bond acceptors (Lipinski definition) is 1. The molecule has 2 nitrogen and oxygen atoms in total. The molecule has 0 saturated carbocycles. The number of carbonyl (C=O) groups excluding carboxylic acids is 1. The predicted molar refractivity (Wildman–Crippen MR) is 86.2 cm³/mol. The van der Waals surface area contributed by atoms with Gasteiger partial charge in [0.1, 0.15) is 5.82 Å². The molecule has 0 spiro atoms. The highest BCUT2D eigenvalue weighted by Crippen LogP contribution is 2.21. The normalized spacial score (nSPS) is 10.5. The Kier molecular flexibility index (Phi) is 5.01. The molecule has 2 rings (SSSR count).